The first kappa shape index (κ1) is 13.0. The van der Waals surface area contributed by atoms with Crippen molar-refractivity contribution in [3.05, 3.63) is 11.8 Å². The van der Waals surface area contributed by atoms with Crippen molar-refractivity contribution in [1.29, 1.82) is 0 Å². The average molecular weight is 253 g/mol. The number of rotatable bonds is 4. The highest BCUT2D eigenvalue weighted by Gasteiger charge is 2.40. The molecule has 1 aliphatic heterocycles. The smallest absolute Gasteiger partial charge is 0.235 e. The third-order valence-electron chi connectivity index (χ3n) is 3.33. The van der Waals surface area contributed by atoms with Crippen molar-refractivity contribution < 1.29 is 14.1 Å². The van der Waals surface area contributed by atoms with Crippen LogP contribution in [0, 0.1) is 12.3 Å². The zero-order valence-corrected chi connectivity index (χ0v) is 10.8. The molecule has 1 saturated heterocycles. The van der Waals surface area contributed by atoms with Gasteiger partial charge in [0, 0.05) is 13.2 Å². The first-order chi connectivity index (χ1) is 8.66. The maximum absolute atomic E-state index is 12.4. The molecule has 0 spiro atoms. The van der Waals surface area contributed by atoms with Crippen molar-refractivity contribution >= 4 is 11.8 Å². The second-order valence-electron chi connectivity index (χ2n) is 4.75. The van der Waals surface area contributed by atoms with Gasteiger partial charge in [-0.2, -0.15) is 0 Å². The number of nitrogens with zero attached hydrogens (tertiary/aromatic N) is 1. The Labute approximate surface area is 106 Å². The van der Waals surface area contributed by atoms with Gasteiger partial charge in [-0.1, -0.05) is 5.16 Å². The van der Waals surface area contributed by atoms with Gasteiger partial charge in [0.1, 0.15) is 0 Å². The quantitative estimate of drug-likeness (QED) is 0.835. The van der Waals surface area contributed by atoms with Crippen molar-refractivity contribution in [1.82, 2.24) is 10.5 Å². The van der Waals surface area contributed by atoms with E-state index in [1.807, 2.05) is 6.92 Å². The number of carbonyl (C=O) groups is 1. The maximum Gasteiger partial charge on any atom is 0.235 e. The number of anilines is 1. The number of aromatic nitrogens is 1. The number of carbonyl (C=O) groups excluding carboxylic acids is 1. The van der Waals surface area contributed by atoms with E-state index >= 15 is 0 Å². The van der Waals surface area contributed by atoms with Crippen LogP contribution >= 0.6 is 0 Å². The van der Waals surface area contributed by atoms with Crippen LogP contribution in [0.25, 0.3) is 0 Å². The van der Waals surface area contributed by atoms with Gasteiger partial charge in [-0.15, -0.1) is 0 Å². The van der Waals surface area contributed by atoms with Gasteiger partial charge in [0.2, 0.25) is 11.8 Å². The summed E-state index contributed by atoms with van der Waals surface area (Å²) in [6, 6.07) is 1.71. The molecule has 1 aromatic heterocycles. The van der Waals surface area contributed by atoms with Crippen LogP contribution in [-0.4, -0.2) is 37.9 Å². The standard InChI is InChI=1S/C12H19N3O3/c1-9-7-10(18-15-9)14-11(16)12(8-17-2)3-5-13-6-4-12/h7,13H,3-6,8H2,1-2H3,(H,14,16). The summed E-state index contributed by atoms with van der Waals surface area (Å²) in [5.41, 5.74) is 0.275. The van der Waals surface area contributed by atoms with E-state index in [4.69, 9.17) is 9.26 Å². The Bertz CT molecular complexity index is 405. The monoisotopic (exact) mass is 253 g/mol. The predicted octanol–water partition coefficient (Wildman–Crippen LogP) is 0.938. The number of methoxy groups -OCH3 is 1. The van der Waals surface area contributed by atoms with Crippen molar-refractivity contribution in [3.8, 4) is 0 Å². The molecule has 1 fully saturated rings. The fraction of sp³-hybridized carbons (Fsp3) is 0.667. The number of nitrogens with one attached hydrogen (secondary N) is 2. The highest BCUT2D eigenvalue weighted by atomic mass is 16.5. The lowest BCUT2D eigenvalue weighted by Gasteiger charge is -2.35. The Balaban J connectivity index is 2.08. The van der Waals surface area contributed by atoms with Gasteiger partial charge in [0.15, 0.2) is 0 Å². The third-order valence-corrected chi connectivity index (χ3v) is 3.33. The molecular weight excluding hydrogens is 234 g/mol. The van der Waals surface area contributed by atoms with Gasteiger partial charge in [-0.3, -0.25) is 10.1 Å². The molecule has 0 bridgehead atoms. The van der Waals surface area contributed by atoms with E-state index in [9.17, 15) is 4.79 Å². The molecule has 0 aromatic carbocycles. The minimum Gasteiger partial charge on any atom is -0.384 e. The number of ether oxygens (including phenoxy) is 1. The summed E-state index contributed by atoms with van der Waals surface area (Å²) in [5.74, 6) is 0.341. The highest BCUT2D eigenvalue weighted by Crippen LogP contribution is 2.30. The van der Waals surface area contributed by atoms with Crippen molar-refractivity contribution in [2.24, 2.45) is 5.41 Å². The molecule has 0 saturated carbocycles. The minimum atomic E-state index is -0.472. The predicted molar refractivity (Wildman–Crippen MR) is 66.3 cm³/mol. The Kier molecular flexibility index (Phi) is 3.98. The van der Waals surface area contributed by atoms with Gasteiger partial charge in [-0.25, -0.2) is 0 Å². The number of amides is 1. The van der Waals surface area contributed by atoms with E-state index in [2.05, 4.69) is 15.8 Å². The van der Waals surface area contributed by atoms with E-state index in [1.54, 1.807) is 13.2 Å². The van der Waals surface area contributed by atoms with Crippen LogP contribution < -0.4 is 10.6 Å². The number of aryl methyl sites for hydroxylation is 1. The summed E-state index contributed by atoms with van der Waals surface area (Å²) >= 11 is 0. The van der Waals surface area contributed by atoms with Gasteiger partial charge in [0.05, 0.1) is 17.7 Å². The van der Waals surface area contributed by atoms with Crippen LogP contribution in [0.5, 0.6) is 0 Å². The van der Waals surface area contributed by atoms with Crippen molar-refractivity contribution in [3.63, 3.8) is 0 Å². The zero-order valence-electron chi connectivity index (χ0n) is 10.8. The van der Waals surface area contributed by atoms with Crippen LogP contribution in [0.15, 0.2) is 10.6 Å². The lowest BCUT2D eigenvalue weighted by Crippen LogP contribution is -2.47. The first-order valence-corrected chi connectivity index (χ1v) is 6.11. The molecule has 2 heterocycles. The molecule has 1 aliphatic rings. The largest absolute Gasteiger partial charge is 0.384 e. The fourth-order valence-corrected chi connectivity index (χ4v) is 2.29. The molecular formula is C12H19N3O3. The summed E-state index contributed by atoms with van der Waals surface area (Å²) in [7, 11) is 1.62. The molecule has 6 nitrogen and oxygen atoms in total. The van der Waals surface area contributed by atoms with Gasteiger partial charge < -0.3 is 14.6 Å². The maximum atomic E-state index is 12.4. The van der Waals surface area contributed by atoms with E-state index in [0.29, 0.717) is 12.5 Å². The Hall–Kier alpha value is -1.40. The summed E-state index contributed by atoms with van der Waals surface area (Å²) in [6.45, 7) is 3.89. The van der Waals surface area contributed by atoms with Crippen LogP contribution in [-0.2, 0) is 9.53 Å². The second kappa shape index (κ2) is 5.49. The fourth-order valence-electron chi connectivity index (χ4n) is 2.29. The first-order valence-electron chi connectivity index (χ1n) is 6.11. The van der Waals surface area contributed by atoms with Gasteiger partial charge in [0.25, 0.3) is 0 Å². The minimum absolute atomic E-state index is 0.0537. The summed E-state index contributed by atoms with van der Waals surface area (Å²) in [4.78, 5) is 12.4. The van der Waals surface area contributed by atoms with Crippen LogP contribution in [0.1, 0.15) is 18.5 Å². The molecule has 0 radical (unpaired) electrons. The van der Waals surface area contributed by atoms with Crippen LogP contribution in [0.4, 0.5) is 5.88 Å². The van der Waals surface area contributed by atoms with Gasteiger partial charge >= 0.3 is 0 Å². The van der Waals surface area contributed by atoms with E-state index in [1.165, 1.54) is 0 Å². The lowest BCUT2D eigenvalue weighted by atomic mass is 9.78. The van der Waals surface area contributed by atoms with Crippen LogP contribution in [0.3, 0.4) is 0 Å². The second-order valence-corrected chi connectivity index (χ2v) is 4.75. The molecule has 100 valence electrons. The van der Waals surface area contributed by atoms with E-state index < -0.39 is 5.41 Å². The van der Waals surface area contributed by atoms with E-state index in [0.717, 1.165) is 31.6 Å². The van der Waals surface area contributed by atoms with Crippen molar-refractivity contribution in [2.45, 2.75) is 19.8 Å². The van der Waals surface area contributed by atoms with E-state index in [-0.39, 0.29) is 5.91 Å². The number of piperidine rings is 1. The molecule has 1 aromatic rings. The van der Waals surface area contributed by atoms with Crippen LogP contribution in [0.2, 0.25) is 0 Å². The Morgan fingerprint density at radius 1 is 1.61 bits per heavy atom. The summed E-state index contributed by atoms with van der Waals surface area (Å²) in [6.07, 6.45) is 1.53. The SMILES string of the molecule is COCC1(C(=O)Nc2cc(C)no2)CCNCC1. The Morgan fingerprint density at radius 2 is 2.33 bits per heavy atom. The zero-order chi connectivity index (χ0) is 13.0. The highest BCUT2D eigenvalue weighted by molar-refractivity contribution is 5.94. The molecule has 0 atom stereocenters. The molecule has 1 amide bonds. The lowest BCUT2D eigenvalue weighted by molar-refractivity contribution is -0.130. The molecule has 0 aliphatic carbocycles. The molecule has 6 heteroatoms. The molecule has 18 heavy (non-hydrogen) atoms. The third kappa shape index (κ3) is 2.70. The summed E-state index contributed by atoms with van der Waals surface area (Å²) in [5, 5.41) is 9.78. The normalized spacial score (nSPS) is 18.6. The number of hydrogen-bond donors (Lipinski definition) is 2. The molecule has 2 N–H and O–H groups in total. The van der Waals surface area contributed by atoms with Gasteiger partial charge in [-0.05, 0) is 32.9 Å². The molecule has 2 rings (SSSR count). The summed E-state index contributed by atoms with van der Waals surface area (Å²) < 4.78 is 10.2. The number of hydrogen-bond acceptors (Lipinski definition) is 5. The van der Waals surface area contributed by atoms with Crippen molar-refractivity contribution in [2.75, 3.05) is 32.1 Å². The topological polar surface area (TPSA) is 76.4 Å². The Morgan fingerprint density at radius 3 is 2.89 bits per heavy atom. The average Bonchev–Trinajstić information content (AvgIpc) is 2.76. The molecule has 0 unspecified atom stereocenters.